The molecule has 0 aromatic heterocycles. The SMILES string of the molecule is Cc1ccc(Cl)c([C@H](N)[C@@H](C)O)c1F.Cl. The summed E-state index contributed by atoms with van der Waals surface area (Å²) in [7, 11) is 0. The lowest BCUT2D eigenvalue weighted by Gasteiger charge is -2.18. The lowest BCUT2D eigenvalue weighted by atomic mass is 10.0. The van der Waals surface area contributed by atoms with Gasteiger partial charge in [0.15, 0.2) is 0 Å². The first-order valence-electron chi connectivity index (χ1n) is 4.33. The molecule has 0 saturated heterocycles. The molecule has 0 amide bonds. The first-order chi connectivity index (χ1) is 6.45. The lowest BCUT2D eigenvalue weighted by Crippen LogP contribution is -2.25. The minimum absolute atomic E-state index is 0. The van der Waals surface area contributed by atoms with Gasteiger partial charge in [-0.3, -0.25) is 0 Å². The highest BCUT2D eigenvalue weighted by atomic mass is 35.5. The molecule has 5 heteroatoms. The van der Waals surface area contributed by atoms with E-state index in [0.29, 0.717) is 5.56 Å². The normalized spacial score (nSPS) is 14.3. The van der Waals surface area contributed by atoms with Crippen LogP contribution in [-0.2, 0) is 0 Å². The zero-order valence-corrected chi connectivity index (χ0v) is 10.1. The summed E-state index contributed by atoms with van der Waals surface area (Å²) in [6.07, 6.45) is -0.830. The van der Waals surface area contributed by atoms with Crippen molar-refractivity contribution in [3.05, 3.63) is 34.1 Å². The molecule has 0 bridgehead atoms. The fraction of sp³-hybridized carbons (Fsp3) is 0.400. The van der Waals surface area contributed by atoms with Crippen LogP contribution in [-0.4, -0.2) is 11.2 Å². The van der Waals surface area contributed by atoms with Crippen LogP contribution in [0.2, 0.25) is 5.02 Å². The van der Waals surface area contributed by atoms with Gasteiger partial charge in [0.2, 0.25) is 0 Å². The Kier molecular flexibility index (Phi) is 5.53. The third kappa shape index (κ3) is 3.05. The van der Waals surface area contributed by atoms with Crippen LogP contribution in [0.5, 0.6) is 0 Å². The van der Waals surface area contributed by atoms with Crippen molar-refractivity contribution in [3.8, 4) is 0 Å². The Hall–Kier alpha value is -0.350. The van der Waals surface area contributed by atoms with E-state index >= 15 is 0 Å². The van der Waals surface area contributed by atoms with Crippen molar-refractivity contribution in [1.29, 1.82) is 0 Å². The van der Waals surface area contributed by atoms with E-state index < -0.39 is 18.0 Å². The molecular weight excluding hydrogens is 240 g/mol. The Morgan fingerprint density at radius 3 is 2.47 bits per heavy atom. The summed E-state index contributed by atoms with van der Waals surface area (Å²) in [5.74, 6) is -0.439. The van der Waals surface area contributed by atoms with Gasteiger partial charge < -0.3 is 10.8 Å². The van der Waals surface area contributed by atoms with Crippen molar-refractivity contribution in [1.82, 2.24) is 0 Å². The van der Waals surface area contributed by atoms with Crippen molar-refractivity contribution >= 4 is 24.0 Å². The van der Waals surface area contributed by atoms with E-state index in [1.54, 1.807) is 19.1 Å². The molecule has 0 spiro atoms. The molecule has 0 aliphatic carbocycles. The van der Waals surface area contributed by atoms with Crippen LogP contribution in [0.25, 0.3) is 0 Å². The minimum atomic E-state index is -0.830. The van der Waals surface area contributed by atoms with Gasteiger partial charge in [-0.2, -0.15) is 0 Å². The van der Waals surface area contributed by atoms with Crippen LogP contribution in [0.3, 0.4) is 0 Å². The first-order valence-corrected chi connectivity index (χ1v) is 4.71. The van der Waals surface area contributed by atoms with Gasteiger partial charge in [-0.25, -0.2) is 4.39 Å². The average Bonchev–Trinajstić information content (AvgIpc) is 2.12. The molecule has 0 aliphatic rings. The van der Waals surface area contributed by atoms with Gasteiger partial charge in [0.25, 0.3) is 0 Å². The summed E-state index contributed by atoms with van der Waals surface area (Å²) in [5, 5.41) is 9.52. The van der Waals surface area contributed by atoms with Crippen molar-refractivity contribution < 1.29 is 9.50 Å². The predicted octanol–water partition coefficient (Wildman–Crippen LogP) is 2.59. The molecule has 1 aromatic carbocycles. The van der Waals surface area contributed by atoms with Crippen LogP contribution < -0.4 is 5.73 Å². The van der Waals surface area contributed by atoms with Crippen molar-refractivity contribution in [3.63, 3.8) is 0 Å². The van der Waals surface area contributed by atoms with Crippen LogP contribution in [0, 0.1) is 12.7 Å². The van der Waals surface area contributed by atoms with Crippen molar-refractivity contribution in [2.45, 2.75) is 26.0 Å². The highest BCUT2D eigenvalue weighted by molar-refractivity contribution is 6.31. The van der Waals surface area contributed by atoms with Gasteiger partial charge in [-0.05, 0) is 25.5 Å². The van der Waals surface area contributed by atoms with E-state index in [4.69, 9.17) is 17.3 Å². The quantitative estimate of drug-likeness (QED) is 0.852. The largest absolute Gasteiger partial charge is 0.391 e. The highest BCUT2D eigenvalue weighted by Crippen LogP contribution is 2.28. The molecule has 1 rings (SSSR count). The third-order valence-corrected chi connectivity index (χ3v) is 2.50. The number of nitrogens with two attached hydrogens (primary N) is 1. The van der Waals surface area contributed by atoms with Gasteiger partial charge in [0, 0.05) is 10.6 Å². The maximum absolute atomic E-state index is 13.6. The van der Waals surface area contributed by atoms with Gasteiger partial charge in [0.1, 0.15) is 5.82 Å². The molecule has 2 atom stereocenters. The number of aliphatic hydroxyl groups is 1. The summed E-state index contributed by atoms with van der Waals surface area (Å²) < 4.78 is 13.6. The molecule has 0 heterocycles. The Labute approximate surface area is 99.6 Å². The molecule has 86 valence electrons. The summed E-state index contributed by atoms with van der Waals surface area (Å²) in [6, 6.07) is 2.37. The van der Waals surface area contributed by atoms with Crippen LogP contribution >= 0.6 is 24.0 Å². The number of hydrogen-bond acceptors (Lipinski definition) is 2. The highest BCUT2D eigenvalue weighted by Gasteiger charge is 2.20. The topological polar surface area (TPSA) is 46.2 Å². The fourth-order valence-electron chi connectivity index (χ4n) is 1.23. The summed E-state index contributed by atoms with van der Waals surface area (Å²) in [4.78, 5) is 0. The number of benzene rings is 1. The van der Waals surface area contributed by atoms with Crippen LogP contribution in [0.4, 0.5) is 4.39 Å². The number of hydrogen-bond donors (Lipinski definition) is 2. The second-order valence-electron chi connectivity index (χ2n) is 3.36. The van der Waals surface area contributed by atoms with Crippen LogP contribution in [0.1, 0.15) is 24.1 Å². The number of halogens is 3. The first kappa shape index (κ1) is 14.6. The Balaban J connectivity index is 0.00000196. The van der Waals surface area contributed by atoms with E-state index in [-0.39, 0.29) is 23.0 Å². The molecule has 3 N–H and O–H groups in total. The Morgan fingerprint density at radius 2 is 2.00 bits per heavy atom. The van der Waals surface area contributed by atoms with Crippen molar-refractivity contribution in [2.24, 2.45) is 5.73 Å². The predicted molar refractivity (Wildman–Crippen MR) is 62.0 cm³/mol. The second kappa shape index (κ2) is 5.66. The average molecular weight is 254 g/mol. The van der Waals surface area contributed by atoms with Gasteiger partial charge in [-0.1, -0.05) is 17.7 Å². The zero-order valence-electron chi connectivity index (χ0n) is 8.50. The van der Waals surface area contributed by atoms with Gasteiger partial charge >= 0.3 is 0 Å². The molecule has 0 radical (unpaired) electrons. The zero-order chi connectivity index (χ0) is 10.9. The minimum Gasteiger partial charge on any atom is -0.391 e. The smallest absolute Gasteiger partial charge is 0.132 e. The summed E-state index contributed by atoms with van der Waals surface area (Å²) in [5.41, 5.74) is 6.29. The molecule has 0 fully saturated rings. The second-order valence-corrected chi connectivity index (χ2v) is 3.77. The van der Waals surface area contributed by atoms with Crippen molar-refractivity contribution in [2.75, 3.05) is 0 Å². The standard InChI is InChI=1S/C10H13ClFNO.ClH/c1-5-3-4-7(11)8(9(5)12)10(13)6(2)14;/h3-4,6,10,14H,13H2,1-2H3;1H/t6-,10-;/m1./s1. The Bertz CT molecular complexity index is 344. The van der Waals surface area contributed by atoms with E-state index in [0.717, 1.165) is 0 Å². The van der Waals surface area contributed by atoms with Crippen LogP contribution in [0.15, 0.2) is 12.1 Å². The molecule has 0 saturated carbocycles. The maximum atomic E-state index is 13.6. The van der Waals surface area contributed by atoms with E-state index in [1.165, 1.54) is 6.92 Å². The number of rotatable bonds is 2. The van der Waals surface area contributed by atoms with Gasteiger partial charge in [0.05, 0.1) is 12.1 Å². The maximum Gasteiger partial charge on any atom is 0.132 e. The molecule has 1 aromatic rings. The monoisotopic (exact) mass is 253 g/mol. The summed E-state index contributed by atoms with van der Waals surface area (Å²) >= 11 is 5.81. The number of aryl methyl sites for hydroxylation is 1. The van der Waals surface area contributed by atoms with E-state index in [2.05, 4.69) is 0 Å². The van der Waals surface area contributed by atoms with Gasteiger partial charge in [-0.15, -0.1) is 12.4 Å². The van der Waals surface area contributed by atoms with E-state index in [1.807, 2.05) is 0 Å². The lowest BCUT2D eigenvalue weighted by molar-refractivity contribution is 0.162. The third-order valence-electron chi connectivity index (χ3n) is 2.17. The molecule has 0 aliphatic heterocycles. The Morgan fingerprint density at radius 1 is 1.47 bits per heavy atom. The molecule has 15 heavy (non-hydrogen) atoms. The summed E-state index contributed by atoms with van der Waals surface area (Å²) in [6.45, 7) is 3.13. The molecule has 2 nitrogen and oxygen atoms in total. The van der Waals surface area contributed by atoms with E-state index in [9.17, 15) is 9.50 Å². The molecular formula is C10H14Cl2FNO. The fourth-order valence-corrected chi connectivity index (χ4v) is 1.50. The number of aliphatic hydroxyl groups excluding tert-OH is 1. The molecule has 0 unspecified atom stereocenters.